The fourth-order valence-electron chi connectivity index (χ4n) is 1.95. The van der Waals surface area contributed by atoms with Gasteiger partial charge >= 0.3 is 12.2 Å². The minimum Gasteiger partial charge on any atom is -0.444 e. The monoisotopic (exact) mass is 376 g/mol. The molecule has 0 unspecified atom stereocenters. The number of amides is 2. The van der Waals surface area contributed by atoms with Gasteiger partial charge in [0.05, 0.1) is 0 Å². The van der Waals surface area contributed by atoms with E-state index in [0.717, 1.165) is 19.3 Å². The largest absolute Gasteiger partial charge is 0.444 e. The van der Waals surface area contributed by atoms with E-state index >= 15 is 0 Å². The van der Waals surface area contributed by atoms with Crippen LogP contribution in [0.3, 0.4) is 0 Å². The number of alkyl carbamates (subject to hydrolysis) is 1. The lowest BCUT2D eigenvalue weighted by molar-refractivity contribution is -0.191. The third-order valence-corrected chi connectivity index (χ3v) is 3.07. The molecule has 0 aromatic rings. The number of hydrogen-bond acceptors (Lipinski definition) is 5. The van der Waals surface area contributed by atoms with Crippen molar-refractivity contribution in [3.8, 4) is 0 Å². The zero-order valence-corrected chi connectivity index (χ0v) is 16.1. The van der Waals surface area contributed by atoms with E-state index in [1.807, 2.05) is 51.2 Å². The summed E-state index contributed by atoms with van der Waals surface area (Å²) >= 11 is 0. The summed E-state index contributed by atoms with van der Waals surface area (Å²) in [4.78, 5) is 39.7. The Balaban J connectivity index is 0.00000210. The highest BCUT2D eigenvalue weighted by Gasteiger charge is 2.15. The smallest absolute Gasteiger partial charge is 0.407 e. The summed E-state index contributed by atoms with van der Waals surface area (Å²) in [6.45, 7) is 6.70. The van der Waals surface area contributed by atoms with Crippen molar-refractivity contribution in [1.82, 2.24) is 10.6 Å². The van der Waals surface area contributed by atoms with Crippen molar-refractivity contribution in [2.75, 3.05) is 13.1 Å². The van der Waals surface area contributed by atoms with Gasteiger partial charge in [-0.05, 0) is 52.2 Å². The summed E-state index contributed by atoms with van der Waals surface area (Å²) in [6.07, 6.45) is 15.5. The van der Waals surface area contributed by atoms with Crippen molar-refractivity contribution in [3.63, 3.8) is 0 Å². The van der Waals surface area contributed by atoms with Gasteiger partial charge in [0, 0.05) is 18.7 Å². The number of carbonyl (C=O) groups is 2. The lowest BCUT2D eigenvalue weighted by atomic mass is 10.1. The zero-order chi connectivity index (χ0) is 20.5. The molecular formula is C20H28N2O5. The summed E-state index contributed by atoms with van der Waals surface area (Å²) in [5.41, 5.74) is 0.168. The van der Waals surface area contributed by atoms with Gasteiger partial charge in [0.25, 0.3) is 5.91 Å². The molecule has 2 amide bonds. The first-order valence-electron chi connectivity index (χ1n) is 8.76. The Labute approximate surface area is 160 Å². The highest BCUT2D eigenvalue weighted by molar-refractivity contribution is 5.96. The van der Waals surface area contributed by atoms with Crippen LogP contribution < -0.4 is 10.6 Å². The maximum absolute atomic E-state index is 12.0. The van der Waals surface area contributed by atoms with Crippen molar-refractivity contribution >= 4 is 18.2 Å². The van der Waals surface area contributed by atoms with Crippen LogP contribution in [0.4, 0.5) is 4.79 Å². The molecule has 0 spiro atoms. The highest BCUT2D eigenvalue weighted by atomic mass is 16.6. The Morgan fingerprint density at radius 2 is 1.48 bits per heavy atom. The SMILES string of the molecule is CC(C)(C)OC(=O)NCCCCCNC(=O)C1=C/C=C\C=C/C=C1.O=C=O. The summed E-state index contributed by atoms with van der Waals surface area (Å²) in [5, 5.41) is 5.63. The molecule has 0 bridgehead atoms. The Kier molecular flexibility index (Phi) is 12.7. The minimum atomic E-state index is -0.473. The number of ether oxygens (including phenoxy) is 1. The fraction of sp³-hybridized carbons (Fsp3) is 0.450. The molecule has 27 heavy (non-hydrogen) atoms. The minimum absolute atomic E-state index is 0.0712. The normalized spacial score (nSPS) is 14.9. The van der Waals surface area contributed by atoms with E-state index in [4.69, 9.17) is 14.3 Å². The average Bonchev–Trinajstić information content (AvgIpc) is 2.52. The number of unbranched alkanes of at least 4 members (excludes halogenated alkanes) is 2. The second-order valence-corrected chi connectivity index (χ2v) is 6.58. The van der Waals surface area contributed by atoms with Crippen LogP contribution in [0.15, 0.2) is 48.1 Å². The Morgan fingerprint density at radius 3 is 2.11 bits per heavy atom. The van der Waals surface area contributed by atoms with E-state index in [1.165, 1.54) is 0 Å². The predicted octanol–water partition coefficient (Wildman–Crippen LogP) is 2.82. The second kappa shape index (κ2) is 14.3. The molecule has 1 rings (SSSR count). The van der Waals surface area contributed by atoms with Gasteiger partial charge in [-0.25, -0.2) is 4.79 Å². The summed E-state index contributed by atoms with van der Waals surface area (Å²) in [6, 6.07) is 0. The van der Waals surface area contributed by atoms with Crippen LogP contribution in [-0.2, 0) is 19.1 Å². The van der Waals surface area contributed by atoms with Crippen molar-refractivity contribution in [1.29, 1.82) is 0 Å². The maximum Gasteiger partial charge on any atom is 0.407 e. The number of carbonyl (C=O) groups excluding carboxylic acids is 4. The molecule has 1 aliphatic rings. The Hall–Kier alpha value is -2.92. The van der Waals surface area contributed by atoms with Crippen LogP contribution in [0.2, 0.25) is 0 Å². The van der Waals surface area contributed by atoms with Gasteiger partial charge in [-0.15, -0.1) is 0 Å². The third-order valence-electron chi connectivity index (χ3n) is 3.07. The molecule has 0 heterocycles. The van der Waals surface area contributed by atoms with Gasteiger partial charge in [0.2, 0.25) is 0 Å². The van der Waals surface area contributed by atoms with E-state index in [-0.39, 0.29) is 18.2 Å². The first kappa shape index (κ1) is 24.1. The lowest BCUT2D eigenvalue weighted by Crippen LogP contribution is -2.33. The number of hydrogen-bond donors (Lipinski definition) is 2. The topological polar surface area (TPSA) is 102 Å². The van der Waals surface area contributed by atoms with Gasteiger partial charge in [0.1, 0.15) is 5.60 Å². The van der Waals surface area contributed by atoms with E-state index in [2.05, 4.69) is 10.6 Å². The number of nitrogens with one attached hydrogen (secondary N) is 2. The first-order valence-corrected chi connectivity index (χ1v) is 8.76. The van der Waals surface area contributed by atoms with E-state index in [1.54, 1.807) is 12.2 Å². The van der Waals surface area contributed by atoms with Crippen LogP contribution in [-0.4, -0.2) is 36.8 Å². The van der Waals surface area contributed by atoms with Crippen LogP contribution in [0.1, 0.15) is 40.0 Å². The molecular weight excluding hydrogens is 348 g/mol. The van der Waals surface area contributed by atoms with Crippen molar-refractivity contribution in [2.45, 2.75) is 45.6 Å². The Bertz CT molecular complexity index is 619. The van der Waals surface area contributed by atoms with Crippen molar-refractivity contribution < 1.29 is 23.9 Å². The highest BCUT2D eigenvalue weighted by Crippen LogP contribution is 2.06. The van der Waals surface area contributed by atoms with Crippen LogP contribution in [0.5, 0.6) is 0 Å². The van der Waals surface area contributed by atoms with Crippen LogP contribution in [0.25, 0.3) is 0 Å². The molecule has 0 aromatic heterocycles. The number of rotatable bonds is 7. The summed E-state index contributed by atoms with van der Waals surface area (Å²) in [7, 11) is 0. The fourth-order valence-corrected chi connectivity index (χ4v) is 1.95. The molecule has 0 fully saturated rings. The average molecular weight is 376 g/mol. The van der Waals surface area contributed by atoms with Gasteiger partial charge < -0.3 is 15.4 Å². The number of allylic oxidation sites excluding steroid dienone is 6. The maximum atomic E-state index is 12.0. The zero-order valence-electron chi connectivity index (χ0n) is 16.1. The quantitative estimate of drug-likeness (QED) is 0.665. The van der Waals surface area contributed by atoms with Crippen molar-refractivity contribution in [3.05, 3.63) is 48.1 Å². The third kappa shape index (κ3) is 15.1. The second-order valence-electron chi connectivity index (χ2n) is 6.58. The van der Waals surface area contributed by atoms with Crippen molar-refractivity contribution in [2.24, 2.45) is 0 Å². The first-order chi connectivity index (χ1) is 12.8. The van der Waals surface area contributed by atoms with E-state index in [9.17, 15) is 9.59 Å². The molecule has 0 saturated heterocycles. The molecule has 7 nitrogen and oxygen atoms in total. The molecule has 0 aliphatic heterocycles. The molecule has 1 aliphatic carbocycles. The molecule has 148 valence electrons. The van der Waals surface area contributed by atoms with Crippen LogP contribution >= 0.6 is 0 Å². The lowest BCUT2D eigenvalue weighted by Gasteiger charge is -2.19. The molecule has 2 N–H and O–H groups in total. The standard InChI is InChI=1S/C19H28N2O3.CO2/c1-19(2,3)24-18(23)21-15-11-7-10-14-20-17(22)16-12-8-5-4-6-9-13-16;2-1-3/h4-6,8-9,12-13H,7,10-11,14-15H2,1-3H3,(H,20,22)(H,21,23);/b5-4-,6-4?,8-5?,9-6-,12-8?,13-9?,16-12?,16-13?;. The summed E-state index contributed by atoms with van der Waals surface area (Å²) < 4.78 is 5.15. The van der Waals surface area contributed by atoms with Gasteiger partial charge in [-0.2, -0.15) is 9.59 Å². The molecule has 7 heteroatoms. The molecule has 0 saturated carbocycles. The van der Waals surface area contributed by atoms with E-state index in [0.29, 0.717) is 18.7 Å². The molecule has 0 atom stereocenters. The molecule has 0 aromatic carbocycles. The Morgan fingerprint density at radius 1 is 0.926 bits per heavy atom. The van der Waals surface area contributed by atoms with Crippen LogP contribution in [0, 0.1) is 0 Å². The summed E-state index contributed by atoms with van der Waals surface area (Å²) in [5.74, 6) is -0.0712. The van der Waals surface area contributed by atoms with E-state index < -0.39 is 5.60 Å². The van der Waals surface area contributed by atoms with Gasteiger partial charge in [-0.1, -0.05) is 30.4 Å². The predicted molar refractivity (Wildman–Crippen MR) is 102 cm³/mol. The van der Waals surface area contributed by atoms with Gasteiger partial charge in [-0.3, -0.25) is 4.79 Å². The van der Waals surface area contributed by atoms with Gasteiger partial charge in [0.15, 0.2) is 0 Å². The molecule has 0 radical (unpaired) electrons.